The fraction of sp³-hybridized carbons (Fsp3) is 0.300. The highest BCUT2D eigenvalue weighted by atomic mass is 35.5. The van der Waals surface area contributed by atoms with Crippen molar-refractivity contribution in [1.82, 2.24) is 0 Å². The van der Waals surface area contributed by atoms with Crippen molar-refractivity contribution in [3.63, 3.8) is 0 Å². The van der Waals surface area contributed by atoms with E-state index in [2.05, 4.69) is 5.32 Å². The van der Waals surface area contributed by atoms with Gasteiger partial charge in [-0.15, -0.1) is 12.4 Å². The first kappa shape index (κ1) is 21.2. The van der Waals surface area contributed by atoms with Crippen LogP contribution in [0.25, 0.3) is 0 Å². The first-order valence-corrected chi connectivity index (χ1v) is 9.04. The minimum Gasteiger partial charge on any atom is -0.330 e. The van der Waals surface area contributed by atoms with Crippen molar-refractivity contribution >= 4 is 47.2 Å². The van der Waals surface area contributed by atoms with Gasteiger partial charge in [-0.1, -0.05) is 30.7 Å². The molecule has 1 aliphatic rings. The van der Waals surface area contributed by atoms with E-state index in [4.69, 9.17) is 17.3 Å². The molecular weight excluding hydrogens is 385 g/mol. The summed E-state index contributed by atoms with van der Waals surface area (Å²) in [5, 5.41) is 3.56. The number of amides is 2. The van der Waals surface area contributed by atoms with Crippen LogP contribution in [-0.2, 0) is 22.6 Å². The van der Waals surface area contributed by atoms with Crippen molar-refractivity contribution < 1.29 is 9.59 Å². The molecule has 0 bridgehead atoms. The molecule has 144 valence electrons. The summed E-state index contributed by atoms with van der Waals surface area (Å²) in [4.78, 5) is 26.3. The molecule has 1 atom stereocenters. The van der Waals surface area contributed by atoms with Crippen molar-refractivity contribution in [2.45, 2.75) is 26.3 Å². The van der Waals surface area contributed by atoms with E-state index in [1.807, 2.05) is 42.5 Å². The number of carbonyl (C=O) groups excluding carboxylic acids is 2. The van der Waals surface area contributed by atoms with Gasteiger partial charge in [0.25, 0.3) is 0 Å². The highest BCUT2D eigenvalue weighted by molar-refractivity contribution is 6.30. The number of rotatable bonds is 5. The van der Waals surface area contributed by atoms with Crippen LogP contribution in [0.15, 0.2) is 42.5 Å². The number of aryl methyl sites for hydroxylation is 1. The number of halogens is 2. The van der Waals surface area contributed by atoms with Crippen molar-refractivity contribution in [1.29, 1.82) is 0 Å². The molecule has 1 unspecified atom stereocenters. The van der Waals surface area contributed by atoms with Crippen molar-refractivity contribution in [3.05, 3.63) is 58.6 Å². The lowest BCUT2D eigenvalue weighted by Gasteiger charge is -2.30. The van der Waals surface area contributed by atoms with Gasteiger partial charge >= 0.3 is 0 Å². The van der Waals surface area contributed by atoms with Gasteiger partial charge in [0, 0.05) is 35.3 Å². The average Bonchev–Trinajstić information content (AvgIpc) is 2.65. The molecule has 0 aromatic heterocycles. The minimum absolute atomic E-state index is 0. The second-order valence-electron chi connectivity index (χ2n) is 6.58. The molecule has 1 heterocycles. The Morgan fingerprint density at radius 2 is 1.93 bits per heavy atom. The zero-order valence-electron chi connectivity index (χ0n) is 15.1. The molecule has 3 N–H and O–H groups in total. The van der Waals surface area contributed by atoms with Crippen LogP contribution < -0.4 is 16.0 Å². The smallest absolute Gasteiger partial charge is 0.228 e. The topological polar surface area (TPSA) is 75.4 Å². The Morgan fingerprint density at radius 3 is 2.59 bits per heavy atom. The van der Waals surface area contributed by atoms with E-state index < -0.39 is 0 Å². The number of benzene rings is 2. The van der Waals surface area contributed by atoms with Crippen LogP contribution in [0.2, 0.25) is 5.02 Å². The molecule has 0 spiro atoms. The quantitative estimate of drug-likeness (QED) is 0.791. The number of anilines is 2. The molecule has 0 radical (unpaired) electrons. The summed E-state index contributed by atoms with van der Waals surface area (Å²) in [5.74, 6) is -0.243. The van der Waals surface area contributed by atoms with Crippen LogP contribution >= 0.6 is 24.0 Å². The maximum atomic E-state index is 12.4. The molecule has 1 aliphatic heterocycles. The molecule has 5 nitrogen and oxygen atoms in total. The standard InChI is InChI=1S/C20H22ClN3O2.ClH/c1-13(11-22)20(26)23-17-7-8-18-15(10-17)4-9-19(25)24(18)12-14-2-5-16(21)6-3-14;/h2-3,5-8,10,13H,4,9,11-12,22H2,1H3,(H,23,26);1H. The number of nitrogens with two attached hydrogens (primary N) is 1. The number of hydrogen-bond acceptors (Lipinski definition) is 3. The first-order valence-electron chi connectivity index (χ1n) is 8.66. The summed E-state index contributed by atoms with van der Waals surface area (Å²) < 4.78 is 0. The predicted octanol–water partition coefficient (Wildman–Crippen LogP) is 3.77. The molecule has 0 saturated heterocycles. The molecule has 2 aromatic rings. The largest absolute Gasteiger partial charge is 0.330 e. The normalized spacial score (nSPS) is 14.2. The lowest BCUT2D eigenvalue weighted by atomic mass is 9.99. The van der Waals surface area contributed by atoms with Gasteiger partial charge in [0.1, 0.15) is 0 Å². The summed E-state index contributed by atoms with van der Waals surface area (Å²) >= 11 is 5.93. The Hall–Kier alpha value is -2.08. The highest BCUT2D eigenvalue weighted by Gasteiger charge is 2.24. The third-order valence-corrected chi connectivity index (χ3v) is 4.85. The van der Waals surface area contributed by atoms with Crippen LogP contribution in [0.4, 0.5) is 11.4 Å². The van der Waals surface area contributed by atoms with Crippen LogP contribution in [-0.4, -0.2) is 18.4 Å². The van der Waals surface area contributed by atoms with Crippen molar-refractivity contribution in [2.75, 3.05) is 16.8 Å². The summed E-state index contributed by atoms with van der Waals surface area (Å²) in [6.07, 6.45) is 1.12. The molecule has 2 aromatic carbocycles. The Bertz CT molecular complexity index is 824. The number of nitrogens with one attached hydrogen (secondary N) is 1. The van der Waals surface area contributed by atoms with Crippen molar-refractivity contribution in [3.8, 4) is 0 Å². The summed E-state index contributed by atoms with van der Waals surface area (Å²) in [7, 11) is 0. The van der Waals surface area contributed by atoms with E-state index in [9.17, 15) is 9.59 Å². The maximum absolute atomic E-state index is 12.4. The van der Waals surface area contributed by atoms with E-state index in [1.165, 1.54) is 0 Å². The van der Waals surface area contributed by atoms with Crippen molar-refractivity contribution in [2.24, 2.45) is 11.7 Å². The molecule has 27 heavy (non-hydrogen) atoms. The summed E-state index contributed by atoms with van der Waals surface area (Å²) in [6.45, 7) is 2.60. The Labute approximate surface area is 170 Å². The second kappa shape index (κ2) is 9.22. The van der Waals surface area contributed by atoms with Crippen LogP contribution in [0.3, 0.4) is 0 Å². The first-order chi connectivity index (χ1) is 12.5. The zero-order valence-corrected chi connectivity index (χ0v) is 16.6. The third kappa shape index (κ3) is 5.01. The highest BCUT2D eigenvalue weighted by Crippen LogP contribution is 2.31. The van der Waals surface area contributed by atoms with Gasteiger partial charge in [-0.2, -0.15) is 0 Å². The van der Waals surface area contributed by atoms with E-state index in [-0.39, 0.29) is 30.1 Å². The molecule has 2 amide bonds. The van der Waals surface area contributed by atoms with Gasteiger partial charge in [0.05, 0.1) is 6.54 Å². The Balaban J connectivity index is 0.00000261. The molecular formula is C20H23Cl2N3O2. The van der Waals surface area contributed by atoms with Crippen LogP contribution in [0, 0.1) is 5.92 Å². The van der Waals surface area contributed by atoms with Gasteiger partial charge in [0.15, 0.2) is 0 Å². The lowest BCUT2D eigenvalue weighted by molar-refractivity contribution is -0.119. The fourth-order valence-electron chi connectivity index (χ4n) is 2.96. The molecule has 0 saturated carbocycles. The number of nitrogens with zero attached hydrogens (tertiary/aromatic N) is 1. The van der Waals surface area contributed by atoms with E-state index in [0.717, 1.165) is 22.5 Å². The predicted molar refractivity (Wildman–Crippen MR) is 112 cm³/mol. The second-order valence-corrected chi connectivity index (χ2v) is 7.01. The fourth-order valence-corrected chi connectivity index (χ4v) is 3.08. The molecule has 0 aliphatic carbocycles. The molecule has 0 fully saturated rings. The van der Waals surface area contributed by atoms with Gasteiger partial charge in [0.2, 0.25) is 11.8 Å². The van der Waals surface area contributed by atoms with E-state index >= 15 is 0 Å². The zero-order chi connectivity index (χ0) is 18.7. The van der Waals surface area contributed by atoms with Gasteiger partial charge in [-0.05, 0) is 47.9 Å². The average molecular weight is 408 g/mol. The van der Waals surface area contributed by atoms with Crippen LogP contribution in [0.5, 0.6) is 0 Å². The maximum Gasteiger partial charge on any atom is 0.228 e. The minimum atomic E-state index is -0.242. The Morgan fingerprint density at radius 1 is 1.22 bits per heavy atom. The monoisotopic (exact) mass is 407 g/mol. The van der Waals surface area contributed by atoms with E-state index in [1.54, 1.807) is 11.8 Å². The Kier molecular flexibility index (Phi) is 7.25. The SMILES string of the molecule is CC(CN)C(=O)Nc1ccc2c(c1)CCC(=O)N2Cc1ccc(Cl)cc1.Cl. The molecule has 3 rings (SSSR count). The van der Waals surface area contributed by atoms with Crippen LogP contribution in [0.1, 0.15) is 24.5 Å². The molecule has 7 heteroatoms. The third-order valence-electron chi connectivity index (χ3n) is 4.60. The number of fused-ring (bicyclic) bond motifs is 1. The lowest BCUT2D eigenvalue weighted by Crippen LogP contribution is -2.34. The summed E-state index contributed by atoms with van der Waals surface area (Å²) in [6, 6.07) is 13.2. The summed E-state index contributed by atoms with van der Waals surface area (Å²) in [5.41, 5.74) is 9.23. The van der Waals surface area contributed by atoms with Gasteiger partial charge < -0.3 is 16.0 Å². The van der Waals surface area contributed by atoms with Gasteiger partial charge in [-0.3, -0.25) is 9.59 Å². The number of hydrogen-bond donors (Lipinski definition) is 2. The van der Waals surface area contributed by atoms with E-state index in [0.29, 0.717) is 31.0 Å². The number of carbonyl (C=O) groups is 2. The van der Waals surface area contributed by atoms with Gasteiger partial charge in [-0.25, -0.2) is 0 Å².